The lowest BCUT2D eigenvalue weighted by molar-refractivity contribution is -0.146. The van der Waals surface area contributed by atoms with E-state index in [1.54, 1.807) is 63.2 Å². The lowest BCUT2D eigenvalue weighted by atomic mass is 9.91. The number of aromatic hydroxyl groups is 1. The Bertz CT molecular complexity index is 1490. The molecular weight excluding hydrogens is 542 g/mol. The molecule has 43 heavy (non-hydrogen) atoms. The van der Waals surface area contributed by atoms with Gasteiger partial charge in [-0.1, -0.05) is 54.5 Å². The number of para-hydroxylation sites is 1. The molecular formula is C35H41N3O5. The van der Waals surface area contributed by atoms with Gasteiger partial charge in [0.2, 0.25) is 5.91 Å². The Morgan fingerprint density at radius 1 is 0.930 bits per heavy atom. The van der Waals surface area contributed by atoms with E-state index in [-0.39, 0.29) is 12.2 Å². The van der Waals surface area contributed by atoms with E-state index in [1.807, 2.05) is 45.9 Å². The quantitative estimate of drug-likeness (QED) is 0.277. The highest BCUT2D eigenvalue weighted by Crippen LogP contribution is 2.33. The Labute approximate surface area is 254 Å². The number of nitrogens with one attached hydrogen (secondary N) is 2. The topological polar surface area (TPSA) is 108 Å². The van der Waals surface area contributed by atoms with Crippen molar-refractivity contribution < 1.29 is 24.2 Å². The lowest BCUT2D eigenvalue weighted by Crippen LogP contribution is -2.58. The van der Waals surface area contributed by atoms with Gasteiger partial charge in [0.15, 0.2) is 0 Å². The van der Waals surface area contributed by atoms with Crippen LogP contribution in [0.1, 0.15) is 69.8 Å². The molecule has 226 valence electrons. The fourth-order valence-corrected chi connectivity index (χ4v) is 4.71. The van der Waals surface area contributed by atoms with Gasteiger partial charge >= 0.3 is 6.09 Å². The minimum Gasteiger partial charge on any atom is -0.508 e. The van der Waals surface area contributed by atoms with E-state index in [0.717, 1.165) is 5.56 Å². The molecule has 0 fully saturated rings. The van der Waals surface area contributed by atoms with Crippen LogP contribution < -0.4 is 10.6 Å². The normalized spacial score (nSPS) is 12.8. The number of terminal acetylenes is 1. The molecule has 3 aromatic carbocycles. The fourth-order valence-electron chi connectivity index (χ4n) is 4.71. The van der Waals surface area contributed by atoms with Crippen molar-refractivity contribution >= 4 is 23.6 Å². The van der Waals surface area contributed by atoms with Crippen molar-refractivity contribution in [1.29, 1.82) is 0 Å². The van der Waals surface area contributed by atoms with Crippen molar-refractivity contribution in [3.05, 3.63) is 95.1 Å². The number of hydrogen-bond donors (Lipinski definition) is 3. The Hall–Kier alpha value is -4.77. The molecule has 0 spiro atoms. The van der Waals surface area contributed by atoms with Gasteiger partial charge in [-0.3, -0.25) is 9.59 Å². The van der Waals surface area contributed by atoms with Crippen LogP contribution in [-0.4, -0.2) is 45.1 Å². The number of phenols is 1. The second-order valence-electron chi connectivity index (χ2n) is 12.4. The van der Waals surface area contributed by atoms with Gasteiger partial charge in [-0.2, -0.15) is 0 Å². The SMILES string of the molecule is C#Cc1ccccc1C(C(=O)Nc1ccccc1C)N(C(=O)C(Cc1ccc(O)cc1)NC(=O)OC(C)(C)C)C(C)(C)C. The number of carbonyl (C=O) groups excluding carboxylic acids is 3. The summed E-state index contributed by atoms with van der Waals surface area (Å²) in [6.45, 7) is 12.5. The molecule has 0 aliphatic rings. The number of alkyl carbamates (subject to hydrolysis) is 1. The Morgan fingerprint density at radius 2 is 1.53 bits per heavy atom. The standard InChI is InChI=1S/C35H41N3O5/c1-9-25-15-11-12-16-27(25)30(31(40)36-28-17-13-10-14-23(28)2)38(34(3,4)5)32(41)29(37-33(42)43-35(6,7)8)22-24-18-20-26(39)21-19-24/h1,10-21,29-30,39H,22H2,2-8H3,(H,36,40)(H,37,42). The summed E-state index contributed by atoms with van der Waals surface area (Å²) < 4.78 is 5.50. The summed E-state index contributed by atoms with van der Waals surface area (Å²) in [5.41, 5.74) is 1.36. The number of phenolic OH excluding ortho intramolecular Hbond substituents is 1. The summed E-state index contributed by atoms with van der Waals surface area (Å²) in [5, 5.41) is 15.5. The molecule has 2 unspecified atom stereocenters. The van der Waals surface area contributed by atoms with Crippen molar-refractivity contribution in [2.75, 3.05) is 5.32 Å². The number of amides is 3. The van der Waals surface area contributed by atoms with Gasteiger partial charge in [-0.25, -0.2) is 4.79 Å². The van der Waals surface area contributed by atoms with Crippen molar-refractivity contribution in [3.63, 3.8) is 0 Å². The largest absolute Gasteiger partial charge is 0.508 e. The predicted molar refractivity (Wildman–Crippen MR) is 168 cm³/mol. The Kier molecular flexibility index (Phi) is 10.3. The first-order valence-corrected chi connectivity index (χ1v) is 14.1. The van der Waals surface area contributed by atoms with E-state index in [2.05, 4.69) is 16.6 Å². The van der Waals surface area contributed by atoms with Gasteiger partial charge in [0.25, 0.3) is 5.91 Å². The van der Waals surface area contributed by atoms with E-state index < -0.39 is 41.1 Å². The molecule has 0 saturated heterocycles. The summed E-state index contributed by atoms with van der Waals surface area (Å²) >= 11 is 0. The monoisotopic (exact) mass is 583 g/mol. The second kappa shape index (κ2) is 13.5. The smallest absolute Gasteiger partial charge is 0.408 e. The summed E-state index contributed by atoms with van der Waals surface area (Å²) in [7, 11) is 0. The zero-order valence-corrected chi connectivity index (χ0v) is 25.9. The highest BCUT2D eigenvalue weighted by molar-refractivity contribution is 6.00. The molecule has 3 amide bonds. The van der Waals surface area contributed by atoms with Crippen LogP contribution in [-0.2, 0) is 20.7 Å². The summed E-state index contributed by atoms with van der Waals surface area (Å²) in [6, 6.07) is 18.4. The molecule has 0 aliphatic heterocycles. The summed E-state index contributed by atoms with van der Waals surface area (Å²) in [4.78, 5) is 43.4. The first kappa shape index (κ1) is 32.7. The molecule has 3 rings (SSSR count). The summed E-state index contributed by atoms with van der Waals surface area (Å²) in [6.07, 6.45) is 5.17. The fraction of sp³-hybridized carbons (Fsp3) is 0.343. The minimum atomic E-state index is -1.15. The van der Waals surface area contributed by atoms with Crippen molar-refractivity contribution in [3.8, 4) is 18.1 Å². The number of nitrogens with zero attached hydrogens (tertiary/aromatic N) is 1. The molecule has 0 radical (unpaired) electrons. The van der Waals surface area contributed by atoms with Gasteiger partial charge in [-0.05, 0) is 89.4 Å². The molecule has 0 saturated carbocycles. The zero-order chi connectivity index (χ0) is 31.9. The second-order valence-corrected chi connectivity index (χ2v) is 12.4. The molecule has 0 aliphatic carbocycles. The average molecular weight is 584 g/mol. The lowest BCUT2D eigenvalue weighted by Gasteiger charge is -2.43. The minimum absolute atomic E-state index is 0.0712. The van der Waals surface area contributed by atoms with Crippen LogP contribution in [0.4, 0.5) is 10.5 Å². The third-order valence-electron chi connectivity index (χ3n) is 6.65. The van der Waals surface area contributed by atoms with E-state index in [9.17, 15) is 19.5 Å². The first-order chi connectivity index (χ1) is 20.1. The highest BCUT2D eigenvalue weighted by Gasteiger charge is 2.42. The number of benzene rings is 3. The molecule has 3 aromatic rings. The zero-order valence-electron chi connectivity index (χ0n) is 25.9. The molecule has 8 nitrogen and oxygen atoms in total. The van der Waals surface area contributed by atoms with Gasteiger partial charge < -0.3 is 25.4 Å². The van der Waals surface area contributed by atoms with Gasteiger partial charge in [0, 0.05) is 23.2 Å². The maximum Gasteiger partial charge on any atom is 0.408 e. The first-order valence-electron chi connectivity index (χ1n) is 14.1. The van der Waals surface area contributed by atoms with Crippen molar-refractivity contribution in [2.24, 2.45) is 0 Å². The molecule has 3 N–H and O–H groups in total. The van der Waals surface area contributed by atoms with Crippen molar-refractivity contribution in [1.82, 2.24) is 10.2 Å². The number of carbonyl (C=O) groups is 3. The number of anilines is 1. The molecule has 0 aromatic heterocycles. The van der Waals surface area contributed by atoms with Crippen LogP contribution in [0.25, 0.3) is 0 Å². The number of rotatable bonds is 8. The van der Waals surface area contributed by atoms with Crippen LogP contribution in [0, 0.1) is 19.3 Å². The molecule has 0 heterocycles. The van der Waals surface area contributed by atoms with Crippen LogP contribution >= 0.6 is 0 Å². The number of aryl methyl sites for hydroxylation is 1. The molecule has 2 atom stereocenters. The van der Waals surface area contributed by atoms with Crippen LogP contribution in [0.15, 0.2) is 72.8 Å². The Morgan fingerprint density at radius 3 is 2.12 bits per heavy atom. The third kappa shape index (κ3) is 8.86. The van der Waals surface area contributed by atoms with E-state index in [4.69, 9.17) is 11.2 Å². The van der Waals surface area contributed by atoms with E-state index >= 15 is 0 Å². The predicted octanol–water partition coefficient (Wildman–Crippen LogP) is 6.12. The van der Waals surface area contributed by atoms with E-state index in [0.29, 0.717) is 22.4 Å². The van der Waals surface area contributed by atoms with E-state index in [1.165, 1.54) is 17.0 Å². The summed E-state index contributed by atoms with van der Waals surface area (Å²) in [5.74, 6) is 1.76. The van der Waals surface area contributed by atoms with Crippen LogP contribution in [0.5, 0.6) is 5.75 Å². The van der Waals surface area contributed by atoms with Crippen molar-refractivity contribution in [2.45, 2.75) is 78.1 Å². The molecule has 0 bridgehead atoms. The number of hydrogen-bond acceptors (Lipinski definition) is 5. The third-order valence-corrected chi connectivity index (χ3v) is 6.65. The maximum atomic E-state index is 14.7. The maximum absolute atomic E-state index is 14.7. The van der Waals surface area contributed by atoms with Crippen LogP contribution in [0.3, 0.4) is 0 Å². The highest BCUT2D eigenvalue weighted by atomic mass is 16.6. The van der Waals surface area contributed by atoms with Gasteiger partial charge in [-0.15, -0.1) is 6.42 Å². The number of ether oxygens (including phenoxy) is 1. The molecule has 8 heteroatoms. The van der Waals surface area contributed by atoms with Crippen LogP contribution in [0.2, 0.25) is 0 Å². The van der Waals surface area contributed by atoms with Gasteiger partial charge in [0.05, 0.1) is 0 Å². The average Bonchev–Trinajstić information content (AvgIpc) is 2.91. The Balaban J connectivity index is 2.16. The van der Waals surface area contributed by atoms with Gasteiger partial charge in [0.1, 0.15) is 23.4 Å².